The van der Waals surface area contributed by atoms with Gasteiger partial charge in [-0.2, -0.15) is 0 Å². The largest absolute Gasteiger partial charge is 0.388 e. The number of rotatable bonds is 8. The number of fused-ring (bicyclic) bond motifs is 1. The highest BCUT2D eigenvalue weighted by Crippen LogP contribution is 2.58. The molecular formula is C20H29FN3O8PS. The van der Waals surface area contributed by atoms with Gasteiger partial charge in [-0.25, -0.2) is 9.37 Å². The van der Waals surface area contributed by atoms with Gasteiger partial charge in [0.25, 0.3) is 5.56 Å². The third-order valence-corrected chi connectivity index (χ3v) is 8.51. The number of nitrogens with one attached hydrogen (secondary N) is 1. The van der Waals surface area contributed by atoms with Crippen molar-refractivity contribution in [2.75, 3.05) is 0 Å². The van der Waals surface area contributed by atoms with Crippen LogP contribution in [0, 0.1) is 10.6 Å². The number of halogens is 1. The maximum atomic E-state index is 13.7. The molecule has 0 aromatic carbocycles. The Hall–Kier alpha value is -1.57. The molecule has 1 aliphatic rings. The van der Waals surface area contributed by atoms with E-state index in [9.17, 15) is 34.0 Å². The summed E-state index contributed by atoms with van der Waals surface area (Å²) in [7, 11) is -4.48. The second-order valence-electron chi connectivity index (χ2n) is 8.93. The van der Waals surface area contributed by atoms with Gasteiger partial charge in [0.1, 0.15) is 17.9 Å². The van der Waals surface area contributed by atoms with Gasteiger partial charge in [-0.3, -0.25) is 18.5 Å². The number of aliphatic hydroxyl groups is 3. The second kappa shape index (κ2) is 9.47. The molecule has 0 aliphatic carbocycles. The van der Waals surface area contributed by atoms with Crippen molar-refractivity contribution in [3.05, 3.63) is 33.2 Å². The number of nitrogens with zero attached hydrogens (tertiary/aromatic N) is 2. The number of aliphatic hydroxyl groups excluding tert-OH is 2. The summed E-state index contributed by atoms with van der Waals surface area (Å²) >= 11 is 5.23. The summed E-state index contributed by atoms with van der Waals surface area (Å²) in [5, 5.41) is 29.6. The molecule has 0 bridgehead atoms. The Bertz CT molecular complexity index is 1220. The second-order valence-corrected chi connectivity index (χ2v) is 11.6. The van der Waals surface area contributed by atoms with Crippen LogP contribution in [0.2, 0.25) is 0 Å². The Morgan fingerprint density at radius 1 is 1.32 bits per heavy atom. The molecule has 5 atom stereocenters. The van der Waals surface area contributed by atoms with E-state index in [0.717, 1.165) is 19.9 Å². The zero-order valence-corrected chi connectivity index (χ0v) is 20.8. The minimum absolute atomic E-state index is 0.0481. The molecule has 1 fully saturated rings. The van der Waals surface area contributed by atoms with Gasteiger partial charge in [0.15, 0.2) is 17.4 Å². The zero-order chi connectivity index (χ0) is 25.6. The van der Waals surface area contributed by atoms with Crippen molar-refractivity contribution < 1.29 is 38.4 Å². The van der Waals surface area contributed by atoms with E-state index in [2.05, 4.69) is 9.97 Å². The molecule has 2 aromatic rings. The Labute approximate surface area is 199 Å². The lowest BCUT2D eigenvalue weighted by atomic mass is 9.88. The standard InChI is InChI=1S/C20H29FN3O8PS/c1-5-20(6-2,32-33(29,30)19(3,4)28)8-12-13(25)14(26)17(31-12)24-9-10-7-11(21)16(27)22-15(10)23-18(24)34/h7,9,12-14,17,25-26,28H,5-6,8H2,1-4H3,(H,29,30)(H,22,23,27,34). The Morgan fingerprint density at radius 2 is 1.94 bits per heavy atom. The molecule has 3 rings (SSSR count). The van der Waals surface area contributed by atoms with Gasteiger partial charge >= 0.3 is 7.60 Å². The summed E-state index contributed by atoms with van der Waals surface area (Å²) in [5.41, 5.74) is -2.16. The lowest BCUT2D eigenvalue weighted by Gasteiger charge is -2.38. The lowest BCUT2D eigenvalue weighted by molar-refractivity contribution is -0.0763. The SMILES string of the molecule is CCC(CC)(CC1OC(n2cc3cc(F)c(=O)[nH]c3nc2=S)C(O)C1O)OP(=O)(O)C(C)(C)O. The van der Waals surface area contributed by atoms with E-state index in [-0.39, 0.29) is 35.1 Å². The first-order valence-corrected chi connectivity index (χ1v) is 12.7. The van der Waals surface area contributed by atoms with Crippen LogP contribution < -0.4 is 5.56 Å². The van der Waals surface area contributed by atoms with Crippen LogP contribution in [0.15, 0.2) is 17.1 Å². The molecule has 1 saturated heterocycles. The van der Waals surface area contributed by atoms with E-state index >= 15 is 0 Å². The van der Waals surface area contributed by atoms with Gasteiger partial charge in [0.05, 0.1) is 11.7 Å². The number of aromatic amines is 1. The maximum absolute atomic E-state index is 13.7. The van der Waals surface area contributed by atoms with Crippen molar-refractivity contribution >= 4 is 30.8 Å². The van der Waals surface area contributed by atoms with E-state index in [1.54, 1.807) is 13.8 Å². The molecule has 5 unspecified atom stereocenters. The third-order valence-electron chi connectivity index (χ3n) is 6.19. The quantitative estimate of drug-likeness (QED) is 0.256. The molecule has 0 spiro atoms. The van der Waals surface area contributed by atoms with Crippen LogP contribution in [0.25, 0.3) is 11.0 Å². The highest BCUT2D eigenvalue weighted by atomic mass is 32.1. The van der Waals surface area contributed by atoms with Crippen LogP contribution in [0.1, 0.15) is 53.2 Å². The Balaban J connectivity index is 1.93. The van der Waals surface area contributed by atoms with Crippen LogP contribution in [-0.4, -0.2) is 64.0 Å². The van der Waals surface area contributed by atoms with Crippen molar-refractivity contribution in [3.8, 4) is 0 Å². The summed E-state index contributed by atoms with van der Waals surface area (Å²) < 4.78 is 39.0. The van der Waals surface area contributed by atoms with Crippen molar-refractivity contribution in [2.45, 2.75) is 82.4 Å². The van der Waals surface area contributed by atoms with E-state index in [4.69, 9.17) is 21.5 Å². The fourth-order valence-corrected chi connectivity index (χ4v) is 5.14. The van der Waals surface area contributed by atoms with Gasteiger partial charge in [-0.05, 0) is 45.0 Å². The molecule has 2 aromatic heterocycles. The summed E-state index contributed by atoms with van der Waals surface area (Å²) in [4.78, 5) is 28.1. The Kier molecular flexibility index (Phi) is 7.53. The van der Waals surface area contributed by atoms with Crippen LogP contribution in [0.5, 0.6) is 0 Å². The summed E-state index contributed by atoms with van der Waals surface area (Å²) in [5.74, 6) is -1.03. The van der Waals surface area contributed by atoms with Gasteiger partial charge in [-0.15, -0.1) is 0 Å². The molecule has 14 heteroatoms. The van der Waals surface area contributed by atoms with Crippen LogP contribution >= 0.6 is 19.8 Å². The number of H-pyrrole nitrogens is 1. The Morgan fingerprint density at radius 3 is 2.50 bits per heavy atom. The molecule has 1 aliphatic heterocycles. The molecule has 3 heterocycles. The number of pyridine rings is 1. The monoisotopic (exact) mass is 521 g/mol. The lowest BCUT2D eigenvalue weighted by Crippen LogP contribution is -2.41. The maximum Gasteiger partial charge on any atom is 0.359 e. The summed E-state index contributed by atoms with van der Waals surface area (Å²) in [6.45, 7) is 5.77. The fourth-order valence-electron chi connectivity index (χ4n) is 3.82. The first kappa shape index (κ1) is 27.0. The molecule has 5 N–H and O–H groups in total. The number of hydrogen-bond acceptors (Lipinski definition) is 9. The highest BCUT2D eigenvalue weighted by molar-refractivity contribution is 7.71. The molecule has 190 valence electrons. The zero-order valence-electron chi connectivity index (χ0n) is 19.1. The first-order chi connectivity index (χ1) is 15.6. The molecule has 34 heavy (non-hydrogen) atoms. The molecular weight excluding hydrogens is 492 g/mol. The minimum atomic E-state index is -4.48. The third kappa shape index (κ3) is 5.02. The predicted octanol–water partition coefficient (Wildman–Crippen LogP) is 2.09. The number of aromatic nitrogens is 3. The van der Waals surface area contributed by atoms with Gasteiger partial charge in [-0.1, -0.05) is 13.8 Å². The molecule has 0 radical (unpaired) electrons. The van der Waals surface area contributed by atoms with Gasteiger partial charge in [0, 0.05) is 18.0 Å². The van der Waals surface area contributed by atoms with Crippen molar-refractivity contribution in [1.29, 1.82) is 0 Å². The van der Waals surface area contributed by atoms with E-state index in [1.807, 2.05) is 0 Å². The van der Waals surface area contributed by atoms with E-state index in [0.29, 0.717) is 0 Å². The van der Waals surface area contributed by atoms with Crippen LogP contribution in [0.3, 0.4) is 0 Å². The smallest absolute Gasteiger partial charge is 0.359 e. The van der Waals surface area contributed by atoms with Crippen LogP contribution in [0.4, 0.5) is 4.39 Å². The molecule has 0 saturated carbocycles. The highest BCUT2D eigenvalue weighted by Gasteiger charge is 2.50. The summed E-state index contributed by atoms with van der Waals surface area (Å²) in [6.07, 6.45) is -3.37. The van der Waals surface area contributed by atoms with E-state index < -0.39 is 54.5 Å². The van der Waals surface area contributed by atoms with E-state index in [1.165, 1.54) is 10.8 Å². The summed E-state index contributed by atoms with van der Waals surface area (Å²) in [6, 6.07) is 0.962. The normalized spacial score (nSPS) is 25.6. The number of ether oxygens (including phenoxy) is 1. The first-order valence-electron chi connectivity index (χ1n) is 10.7. The molecule has 0 amide bonds. The average Bonchev–Trinajstić information content (AvgIpc) is 3.01. The predicted molar refractivity (Wildman–Crippen MR) is 122 cm³/mol. The van der Waals surface area contributed by atoms with Crippen LogP contribution in [-0.2, 0) is 13.8 Å². The van der Waals surface area contributed by atoms with Gasteiger partial charge < -0.3 is 29.9 Å². The molecule has 11 nitrogen and oxygen atoms in total. The van der Waals surface area contributed by atoms with Crippen molar-refractivity contribution in [3.63, 3.8) is 0 Å². The average molecular weight is 522 g/mol. The minimum Gasteiger partial charge on any atom is -0.388 e. The van der Waals surface area contributed by atoms with Gasteiger partial charge in [0.2, 0.25) is 4.77 Å². The fraction of sp³-hybridized carbons (Fsp3) is 0.650. The topological polar surface area (TPSA) is 167 Å². The van der Waals surface area contributed by atoms with Crippen molar-refractivity contribution in [1.82, 2.24) is 14.5 Å². The van der Waals surface area contributed by atoms with Crippen molar-refractivity contribution in [2.24, 2.45) is 0 Å². The number of hydrogen-bond donors (Lipinski definition) is 5.